The van der Waals surface area contributed by atoms with E-state index in [-0.39, 0.29) is 5.54 Å². The van der Waals surface area contributed by atoms with Crippen LogP contribution >= 0.6 is 15.9 Å². The molecule has 1 aromatic rings. The normalized spacial score (nSPS) is 19.2. The summed E-state index contributed by atoms with van der Waals surface area (Å²) in [5.41, 5.74) is 1.67. The highest BCUT2D eigenvalue weighted by Crippen LogP contribution is 2.37. The lowest BCUT2D eigenvalue weighted by Gasteiger charge is -2.31. The minimum absolute atomic E-state index is 0.185. The van der Waals surface area contributed by atoms with Crippen molar-refractivity contribution < 1.29 is 0 Å². The maximum atomic E-state index is 3.78. The first kappa shape index (κ1) is 17.0. The van der Waals surface area contributed by atoms with Crippen LogP contribution in [0.1, 0.15) is 70.8 Å². The molecule has 1 nitrogen and oxygen atoms in total. The number of rotatable bonds is 4. The van der Waals surface area contributed by atoms with Gasteiger partial charge in [0.15, 0.2) is 0 Å². The summed E-state index contributed by atoms with van der Waals surface area (Å²) in [5.74, 6) is 1.44. The van der Waals surface area contributed by atoms with Gasteiger partial charge in [0.25, 0.3) is 0 Å². The summed E-state index contributed by atoms with van der Waals surface area (Å²) in [6.07, 6.45) is 8.43. The molecule has 21 heavy (non-hydrogen) atoms. The zero-order chi connectivity index (χ0) is 15.3. The molecule has 1 N–H and O–H groups in total. The second kappa shape index (κ2) is 7.78. The van der Waals surface area contributed by atoms with Crippen LogP contribution in [0.5, 0.6) is 0 Å². The van der Waals surface area contributed by atoms with E-state index in [9.17, 15) is 0 Å². The topological polar surface area (TPSA) is 12.0 Å². The summed E-state index contributed by atoms with van der Waals surface area (Å²) in [5, 5.41) is 3.74. The van der Waals surface area contributed by atoms with Gasteiger partial charge in [-0.2, -0.15) is 0 Å². The van der Waals surface area contributed by atoms with Crippen molar-refractivity contribution in [2.75, 3.05) is 6.54 Å². The van der Waals surface area contributed by atoms with Crippen LogP contribution < -0.4 is 5.32 Å². The SMILES string of the molecule is CC(C)(C)NCC(c1ccccc1Br)C1CCCCCC1. The molecule has 1 aliphatic rings. The van der Waals surface area contributed by atoms with Crippen molar-refractivity contribution in [3.63, 3.8) is 0 Å². The minimum Gasteiger partial charge on any atom is -0.311 e. The van der Waals surface area contributed by atoms with Gasteiger partial charge in [0.1, 0.15) is 0 Å². The fourth-order valence-electron chi connectivity index (χ4n) is 3.44. The number of benzene rings is 1. The van der Waals surface area contributed by atoms with Crippen LogP contribution in [-0.4, -0.2) is 12.1 Å². The van der Waals surface area contributed by atoms with E-state index >= 15 is 0 Å². The Balaban J connectivity index is 2.18. The summed E-state index contributed by atoms with van der Waals surface area (Å²) >= 11 is 3.78. The molecule has 1 fully saturated rings. The first-order valence-electron chi connectivity index (χ1n) is 8.47. The summed E-state index contributed by atoms with van der Waals surface area (Å²) in [7, 11) is 0. The van der Waals surface area contributed by atoms with E-state index < -0.39 is 0 Å². The third kappa shape index (κ3) is 5.41. The van der Waals surface area contributed by atoms with Gasteiger partial charge in [0.2, 0.25) is 0 Å². The van der Waals surface area contributed by atoms with Gasteiger partial charge in [0.05, 0.1) is 0 Å². The highest BCUT2D eigenvalue weighted by molar-refractivity contribution is 9.10. The number of halogens is 1. The zero-order valence-corrected chi connectivity index (χ0v) is 15.4. The molecule has 0 aromatic heterocycles. The Bertz CT molecular complexity index is 427. The van der Waals surface area contributed by atoms with Crippen LogP contribution in [0.3, 0.4) is 0 Å². The summed E-state index contributed by atoms with van der Waals surface area (Å²) in [6.45, 7) is 7.86. The number of hydrogen-bond donors (Lipinski definition) is 1. The first-order valence-corrected chi connectivity index (χ1v) is 9.26. The molecule has 0 heterocycles. The quantitative estimate of drug-likeness (QED) is 0.666. The molecule has 1 aliphatic carbocycles. The fourth-order valence-corrected chi connectivity index (χ4v) is 4.01. The van der Waals surface area contributed by atoms with Gasteiger partial charge in [-0.1, -0.05) is 59.8 Å². The summed E-state index contributed by atoms with van der Waals surface area (Å²) < 4.78 is 1.27. The second-order valence-corrected chi connectivity index (χ2v) is 8.36. The standard InChI is InChI=1S/C19H30BrN/c1-19(2,3)21-14-17(15-10-6-4-5-7-11-15)16-12-8-9-13-18(16)20/h8-9,12-13,15,17,21H,4-7,10-11,14H2,1-3H3. The Morgan fingerprint density at radius 3 is 2.29 bits per heavy atom. The van der Waals surface area contributed by atoms with Crippen molar-refractivity contribution in [2.24, 2.45) is 5.92 Å². The maximum absolute atomic E-state index is 3.78. The Morgan fingerprint density at radius 1 is 1.10 bits per heavy atom. The predicted octanol–water partition coefficient (Wildman–Crippen LogP) is 5.89. The van der Waals surface area contributed by atoms with Crippen molar-refractivity contribution in [1.82, 2.24) is 5.32 Å². The summed E-state index contributed by atoms with van der Waals surface area (Å²) in [6, 6.07) is 8.80. The highest BCUT2D eigenvalue weighted by atomic mass is 79.9. The lowest BCUT2D eigenvalue weighted by molar-refractivity contribution is 0.323. The molecular formula is C19H30BrN. The molecule has 1 atom stereocenters. The lowest BCUT2D eigenvalue weighted by atomic mass is 9.81. The smallest absolute Gasteiger partial charge is 0.0210 e. The van der Waals surface area contributed by atoms with E-state index in [1.54, 1.807) is 0 Å². The zero-order valence-electron chi connectivity index (χ0n) is 13.8. The average molecular weight is 352 g/mol. The molecule has 0 radical (unpaired) electrons. The molecule has 0 saturated heterocycles. The van der Waals surface area contributed by atoms with Crippen molar-refractivity contribution in [2.45, 2.75) is 70.8 Å². The molecule has 118 valence electrons. The molecule has 0 amide bonds. The Morgan fingerprint density at radius 2 is 1.71 bits per heavy atom. The highest BCUT2D eigenvalue weighted by Gasteiger charge is 2.26. The van der Waals surface area contributed by atoms with Crippen LogP contribution in [-0.2, 0) is 0 Å². The van der Waals surface area contributed by atoms with Gasteiger partial charge < -0.3 is 5.32 Å². The van der Waals surface area contributed by atoms with Gasteiger partial charge in [0, 0.05) is 22.5 Å². The largest absolute Gasteiger partial charge is 0.311 e. The monoisotopic (exact) mass is 351 g/mol. The van der Waals surface area contributed by atoms with Crippen LogP contribution in [0.25, 0.3) is 0 Å². The predicted molar refractivity (Wildman–Crippen MR) is 95.8 cm³/mol. The molecule has 1 aromatic carbocycles. The third-order valence-corrected chi connectivity index (χ3v) is 5.35. The van der Waals surface area contributed by atoms with E-state index in [0.29, 0.717) is 5.92 Å². The molecule has 0 spiro atoms. The van der Waals surface area contributed by atoms with Crippen molar-refractivity contribution in [3.8, 4) is 0 Å². The van der Waals surface area contributed by atoms with Gasteiger partial charge in [-0.05, 0) is 51.2 Å². The van der Waals surface area contributed by atoms with E-state index in [4.69, 9.17) is 0 Å². The van der Waals surface area contributed by atoms with E-state index in [0.717, 1.165) is 12.5 Å². The van der Waals surface area contributed by atoms with E-state index in [1.165, 1.54) is 48.6 Å². The molecule has 2 rings (SSSR count). The van der Waals surface area contributed by atoms with Gasteiger partial charge in [-0.3, -0.25) is 0 Å². The third-order valence-electron chi connectivity index (χ3n) is 4.63. The van der Waals surface area contributed by atoms with Crippen molar-refractivity contribution >= 4 is 15.9 Å². The van der Waals surface area contributed by atoms with Crippen molar-refractivity contribution in [3.05, 3.63) is 34.3 Å². The second-order valence-electron chi connectivity index (χ2n) is 7.51. The molecule has 1 saturated carbocycles. The lowest BCUT2D eigenvalue weighted by Crippen LogP contribution is -2.40. The van der Waals surface area contributed by atoms with Gasteiger partial charge in [-0.15, -0.1) is 0 Å². The van der Waals surface area contributed by atoms with Crippen LogP contribution in [0, 0.1) is 5.92 Å². The number of nitrogens with one attached hydrogen (secondary N) is 1. The van der Waals surface area contributed by atoms with Crippen molar-refractivity contribution in [1.29, 1.82) is 0 Å². The molecular weight excluding hydrogens is 322 g/mol. The van der Waals surface area contributed by atoms with Crippen LogP contribution in [0.4, 0.5) is 0 Å². The maximum Gasteiger partial charge on any atom is 0.0210 e. The Hall–Kier alpha value is -0.340. The first-order chi connectivity index (χ1) is 9.97. The Kier molecular flexibility index (Phi) is 6.31. The molecule has 0 aliphatic heterocycles. The average Bonchev–Trinajstić information content (AvgIpc) is 2.69. The minimum atomic E-state index is 0.185. The molecule has 0 bridgehead atoms. The van der Waals surface area contributed by atoms with E-state index in [1.807, 2.05) is 0 Å². The van der Waals surface area contributed by atoms with Gasteiger partial charge in [-0.25, -0.2) is 0 Å². The van der Waals surface area contributed by atoms with Crippen LogP contribution in [0.15, 0.2) is 28.7 Å². The Labute approximate surface area is 139 Å². The van der Waals surface area contributed by atoms with Gasteiger partial charge >= 0.3 is 0 Å². The molecule has 1 unspecified atom stereocenters. The molecule has 2 heteroatoms. The van der Waals surface area contributed by atoms with E-state index in [2.05, 4.69) is 66.3 Å². The fraction of sp³-hybridized carbons (Fsp3) is 0.684. The number of hydrogen-bond acceptors (Lipinski definition) is 1. The summed E-state index contributed by atoms with van der Waals surface area (Å²) in [4.78, 5) is 0. The van der Waals surface area contributed by atoms with Crippen LogP contribution in [0.2, 0.25) is 0 Å².